The van der Waals surface area contributed by atoms with E-state index in [1.54, 1.807) is 0 Å². The number of Topliss-reactive ketones (excluding diaryl/α,β-unsaturated/α-hetero) is 1. The molecule has 0 bridgehead atoms. The molecule has 0 saturated carbocycles. The van der Waals surface area contributed by atoms with Crippen LogP contribution in [0, 0.1) is 10.1 Å². The Morgan fingerprint density at radius 3 is 2.53 bits per heavy atom. The van der Waals surface area contributed by atoms with Crippen LogP contribution in [0.2, 0.25) is 0 Å². The van der Waals surface area contributed by atoms with E-state index >= 15 is 0 Å². The third-order valence-electron chi connectivity index (χ3n) is 2.40. The van der Waals surface area contributed by atoms with Gasteiger partial charge in [-0.05, 0) is 12.1 Å². The van der Waals surface area contributed by atoms with Gasteiger partial charge in [0.15, 0.2) is 11.9 Å². The van der Waals surface area contributed by atoms with Gasteiger partial charge in [-0.1, -0.05) is 0 Å². The highest BCUT2D eigenvalue weighted by molar-refractivity contribution is 6.19. The van der Waals surface area contributed by atoms with E-state index in [2.05, 4.69) is 0 Å². The Hall–Kier alpha value is -1.99. The summed E-state index contributed by atoms with van der Waals surface area (Å²) in [5.41, 5.74) is -0.920. The average Bonchev–Trinajstić information content (AvgIpc) is 2.37. The van der Waals surface area contributed by atoms with Gasteiger partial charge < -0.3 is 10.2 Å². The summed E-state index contributed by atoms with van der Waals surface area (Å²) in [6.45, 7) is 0. The molecule has 0 fully saturated rings. The summed E-state index contributed by atoms with van der Waals surface area (Å²) >= 11 is 5.41. The molecule has 1 atom stereocenters. The predicted octanol–water partition coefficient (Wildman–Crippen LogP) is 1.52. The number of carboxylic acid groups (broad SMARTS) is 1. The number of carboxylic acids is 1. The topological polar surface area (TPSA) is 118 Å². The lowest BCUT2D eigenvalue weighted by Crippen LogP contribution is -2.13. The van der Waals surface area contributed by atoms with Crippen molar-refractivity contribution in [3.8, 4) is 0 Å². The summed E-state index contributed by atoms with van der Waals surface area (Å²) in [7, 11) is 0. The SMILES string of the molecule is O=C(CCCl)c1ccc([N+](=O)[O-])c(C(O)C(=O)O)c1. The Kier molecular flexibility index (Phi) is 4.96. The van der Waals surface area contributed by atoms with E-state index in [0.29, 0.717) is 0 Å². The van der Waals surface area contributed by atoms with Gasteiger partial charge in [0.05, 0.1) is 10.5 Å². The molecule has 0 saturated heterocycles. The molecule has 0 aromatic heterocycles. The molecule has 102 valence electrons. The molecule has 0 aliphatic carbocycles. The molecule has 0 aliphatic rings. The second-order valence-electron chi connectivity index (χ2n) is 3.63. The minimum Gasteiger partial charge on any atom is -0.479 e. The average molecular weight is 288 g/mol. The number of aliphatic carboxylic acids is 1. The van der Waals surface area contributed by atoms with Crippen LogP contribution in [0.3, 0.4) is 0 Å². The van der Waals surface area contributed by atoms with Crippen LogP contribution in [0.15, 0.2) is 18.2 Å². The lowest BCUT2D eigenvalue weighted by atomic mass is 10.0. The van der Waals surface area contributed by atoms with Crippen molar-refractivity contribution in [2.75, 3.05) is 5.88 Å². The van der Waals surface area contributed by atoms with Crippen molar-refractivity contribution in [1.82, 2.24) is 0 Å². The molecule has 1 unspecified atom stereocenters. The van der Waals surface area contributed by atoms with Crippen LogP contribution < -0.4 is 0 Å². The Morgan fingerprint density at radius 2 is 2.05 bits per heavy atom. The number of hydrogen-bond acceptors (Lipinski definition) is 5. The maximum atomic E-state index is 11.6. The minimum absolute atomic E-state index is 0.0158. The maximum absolute atomic E-state index is 11.6. The van der Waals surface area contributed by atoms with Crippen LogP contribution in [0.1, 0.15) is 28.4 Å². The number of halogens is 1. The molecule has 2 N–H and O–H groups in total. The van der Waals surface area contributed by atoms with E-state index in [-0.39, 0.29) is 23.6 Å². The normalized spacial score (nSPS) is 11.9. The molecular formula is C11H10ClNO6. The van der Waals surface area contributed by atoms with Gasteiger partial charge in [-0.3, -0.25) is 14.9 Å². The first-order chi connectivity index (χ1) is 8.88. The fourth-order valence-corrected chi connectivity index (χ4v) is 1.65. The van der Waals surface area contributed by atoms with E-state index in [4.69, 9.17) is 16.7 Å². The number of aliphatic hydroxyl groups excluding tert-OH is 1. The zero-order valence-corrected chi connectivity index (χ0v) is 10.3. The number of ketones is 1. The number of nitro groups is 1. The summed E-state index contributed by atoms with van der Waals surface area (Å²) in [5.74, 6) is -1.94. The van der Waals surface area contributed by atoms with E-state index in [1.165, 1.54) is 6.07 Å². The first-order valence-corrected chi connectivity index (χ1v) is 5.70. The highest BCUT2D eigenvalue weighted by Gasteiger charge is 2.26. The number of rotatable bonds is 6. The van der Waals surface area contributed by atoms with E-state index in [9.17, 15) is 24.8 Å². The fraction of sp³-hybridized carbons (Fsp3) is 0.273. The quantitative estimate of drug-likeness (QED) is 0.354. The summed E-state index contributed by atoms with van der Waals surface area (Å²) in [4.78, 5) is 32.2. The van der Waals surface area contributed by atoms with Gasteiger partial charge >= 0.3 is 5.97 Å². The van der Waals surface area contributed by atoms with Crippen LogP contribution in [0.4, 0.5) is 5.69 Å². The fourth-order valence-electron chi connectivity index (χ4n) is 1.48. The maximum Gasteiger partial charge on any atom is 0.337 e. The summed E-state index contributed by atoms with van der Waals surface area (Å²) in [5, 5.41) is 28.9. The van der Waals surface area contributed by atoms with Gasteiger partial charge in [0.1, 0.15) is 0 Å². The van der Waals surface area contributed by atoms with Gasteiger partial charge in [-0.2, -0.15) is 0 Å². The van der Waals surface area contributed by atoms with E-state index < -0.39 is 28.2 Å². The zero-order valence-electron chi connectivity index (χ0n) is 9.58. The number of carbonyl (C=O) groups is 2. The number of carbonyl (C=O) groups excluding carboxylic acids is 1. The van der Waals surface area contributed by atoms with Gasteiger partial charge in [-0.15, -0.1) is 11.6 Å². The third-order valence-corrected chi connectivity index (χ3v) is 2.59. The smallest absolute Gasteiger partial charge is 0.337 e. The van der Waals surface area contributed by atoms with E-state index in [1.807, 2.05) is 0 Å². The second kappa shape index (κ2) is 6.26. The third kappa shape index (κ3) is 3.49. The molecule has 0 radical (unpaired) electrons. The molecule has 0 amide bonds. The van der Waals surface area contributed by atoms with Gasteiger partial charge in [-0.25, -0.2) is 4.79 Å². The van der Waals surface area contributed by atoms with Crippen molar-refractivity contribution in [2.24, 2.45) is 0 Å². The molecule has 7 nitrogen and oxygen atoms in total. The van der Waals surface area contributed by atoms with Crippen molar-refractivity contribution in [1.29, 1.82) is 0 Å². The van der Waals surface area contributed by atoms with Crippen LogP contribution in [0.5, 0.6) is 0 Å². The number of benzene rings is 1. The molecule has 1 aromatic carbocycles. The summed E-state index contributed by atoms with van der Waals surface area (Å²) in [6.07, 6.45) is -2.05. The summed E-state index contributed by atoms with van der Waals surface area (Å²) < 4.78 is 0. The first kappa shape index (κ1) is 15.1. The second-order valence-corrected chi connectivity index (χ2v) is 4.01. The predicted molar refractivity (Wildman–Crippen MR) is 65.4 cm³/mol. The molecule has 0 aliphatic heterocycles. The zero-order chi connectivity index (χ0) is 14.6. The van der Waals surface area contributed by atoms with Crippen molar-refractivity contribution in [2.45, 2.75) is 12.5 Å². The number of nitrogens with zero attached hydrogens (tertiary/aromatic N) is 1. The Morgan fingerprint density at radius 1 is 1.42 bits per heavy atom. The lowest BCUT2D eigenvalue weighted by Gasteiger charge is -2.08. The van der Waals surface area contributed by atoms with Crippen LogP contribution in [-0.4, -0.2) is 32.8 Å². The van der Waals surface area contributed by atoms with Crippen LogP contribution in [-0.2, 0) is 4.79 Å². The van der Waals surface area contributed by atoms with Crippen molar-refractivity contribution < 1.29 is 24.7 Å². The number of hydrogen-bond donors (Lipinski definition) is 2. The minimum atomic E-state index is -2.07. The van der Waals surface area contributed by atoms with E-state index in [0.717, 1.165) is 12.1 Å². The molecular weight excluding hydrogens is 278 g/mol. The largest absolute Gasteiger partial charge is 0.479 e. The molecule has 19 heavy (non-hydrogen) atoms. The van der Waals surface area contributed by atoms with Crippen molar-refractivity contribution in [3.05, 3.63) is 39.4 Å². The summed E-state index contributed by atoms with van der Waals surface area (Å²) in [6, 6.07) is 3.19. The van der Waals surface area contributed by atoms with Crippen molar-refractivity contribution >= 4 is 29.0 Å². The monoisotopic (exact) mass is 287 g/mol. The molecule has 0 heterocycles. The standard InChI is InChI=1S/C11H10ClNO6/c12-4-3-9(14)6-1-2-8(13(18)19)7(5-6)10(15)11(16)17/h1-2,5,10,15H,3-4H2,(H,16,17). The molecule has 1 rings (SSSR count). The molecule has 0 spiro atoms. The van der Waals surface area contributed by atoms with Gasteiger partial charge in [0.25, 0.3) is 5.69 Å². The lowest BCUT2D eigenvalue weighted by molar-refractivity contribution is -0.386. The Bertz CT molecular complexity index is 530. The molecule has 1 aromatic rings. The Labute approximate surface area is 112 Å². The number of nitro benzene ring substituents is 1. The van der Waals surface area contributed by atoms with Gasteiger partial charge in [0, 0.05) is 23.9 Å². The highest BCUT2D eigenvalue weighted by atomic mass is 35.5. The van der Waals surface area contributed by atoms with Crippen molar-refractivity contribution in [3.63, 3.8) is 0 Å². The number of alkyl halides is 1. The number of aliphatic hydroxyl groups is 1. The van der Waals surface area contributed by atoms with Crippen LogP contribution >= 0.6 is 11.6 Å². The first-order valence-electron chi connectivity index (χ1n) is 5.17. The Balaban J connectivity index is 3.29. The highest BCUT2D eigenvalue weighted by Crippen LogP contribution is 2.27. The van der Waals surface area contributed by atoms with Gasteiger partial charge in [0.2, 0.25) is 0 Å². The molecule has 8 heteroatoms. The van der Waals surface area contributed by atoms with Crippen LogP contribution in [0.25, 0.3) is 0 Å².